The first-order chi connectivity index (χ1) is 11.9. The molecule has 0 aliphatic carbocycles. The van der Waals surface area contributed by atoms with Gasteiger partial charge in [-0.2, -0.15) is 5.10 Å². The summed E-state index contributed by atoms with van der Waals surface area (Å²) in [7, 11) is 0. The maximum atomic E-state index is 12.0. The summed E-state index contributed by atoms with van der Waals surface area (Å²) in [6.45, 7) is 3.73. The van der Waals surface area contributed by atoms with E-state index in [1.807, 2.05) is 4.90 Å². The average Bonchev–Trinajstić information content (AvgIpc) is 3.19. The van der Waals surface area contributed by atoms with E-state index in [0.29, 0.717) is 38.3 Å². The number of hydrogen-bond donors (Lipinski definition) is 2. The van der Waals surface area contributed by atoms with Gasteiger partial charge in [0.2, 0.25) is 5.91 Å². The summed E-state index contributed by atoms with van der Waals surface area (Å²) in [5.41, 5.74) is 0.0855. The second-order valence-corrected chi connectivity index (χ2v) is 6.63. The summed E-state index contributed by atoms with van der Waals surface area (Å²) >= 11 is 6.00. The van der Waals surface area contributed by atoms with Crippen LogP contribution in [0.3, 0.4) is 0 Å². The molecular weight excluding hydrogens is 350 g/mol. The van der Waals surface area contributed by atoms with Crippen LogP contribution in [0, 0.1) is 0 Å². The number of aromatic nitrogens is 2. The molecule has 3 rings (SSSR count). The number of carbonyl (C=O) groups excluding carboxylic acids is 2. The fourth-order valence-corrected chi connectivity index (χ4v) is 3.36. The highest BCUT2D eigenvalue weighted by molar-refractivity contribution is 6.33. The third-order valence-electron chi connectivity index (χ3n) is 4.49. The number of alkyl carbamates (subject to hydrolysis) is 1. The molecule has 136 valence electrons. The molecule has 2 aliphatic rings. The molecule has 0 unspecified atom stereocenters. The molecule has 2 fully saturated rings. The van der Waals surface area contributed by atoms with Gasteiger partial charge in [0.15, 0.2) is 0 Å². The second-order valence-electron chi connectivity index (χ2n) is 6.26. The third-order valence-corrected chi connectivity index (χ3v) is 4.86. The van der Waals surface area contributed by atoms with Crippen LogP contribution in [0.1, 0.15) is 19.8 Å². The van der Waals surface area contributed by atoms with Crippen LogP contribution in [0.5, 0.6) is 0 Å². The fourth-order valence-electron chi connectivity index (χ4n) is 3.15. The van der Waals surface area contributed by atoms with Gasteiger partial charge in [-0.25, -0.2) is 9.89 Å². The molecule has 2 atom stereocenters. The van der Waals surface area contributed by atoms with E-state index in [0.717, 1.165) is 6.42 Å². The molecule has 0 spiro atoms. The third kappa shape index (κ3) is 4.04. The molecule has 2 aliphatic heterocycles. The van der Waals surface area contributed by atoms with E-state index in [2.05, 4.69) is 15.5 Å². The fraction of sp³-hybridized carbons (Fsp3) is 0.600. The molecule has 1 aromatic rings. The van der Waals surface area contributed by atoms with Crippen LogP contribution >= 0.6 is 11.6 Å². The Morgan fingerprint density at radius 3 is 2.88 bits per heavy atom. The van der Waals surface area contributed by atoms with E-state index in [4.69, 9.17) is 16.3 Å². The molecule has 3 heterocycles. The smallest absolute Gasteiger partial charge is 0.407 e. The van der Waals surface area contributed by atoms with Crippen LogP contribution in [0.4, 0.5) is 10.5 Å². The van der Waals surface area contributed by atoms with Gasteiger partial charge in [0.05, 0.1) is 24.5 Å². The molecule has 0 bridgehead atoms. The van der Waals surface area contributed by atoms with Crippen molar-refractivity contribution in [1.29, 1.82) is 0 Å². The second kappa shape index (κ2) is 7.30. The van der Waals surface area contributed by atoms with Crippen molar-refractivity contribution in [3.63, 3.8) is 0 Å². The largest absolute Gasteiger partial charge is 0.444 e. The van der Waals surface area contributed by atoms with Gasteiger partial charge in [0, 0.05) is 33.0 Å². The van der Waals surface area contributed by atoms with Crippen molar-refractivity contribution in [2.75, 3.05) is 31.1 Å². The predicted molar refractivity (Wildman–Crippen MR) is 90.8 cm³/mol. The molecule has 0 radical (unpaired) electrons. The molecule has 2 N–H and O–H groups in total. The van der Waals surface area contributed by atoms with Crippen molar-refractivity contribution in [3.8, 4) is 0 Å². The molecule has 25 heavy (non-hydrogen) atoms. The minimum absolute atomic E-state index is 0.00689. The molecular formula is C15H20ClN5O4. The highest BCUT2D eigenvalue weighted by Gasteiger charge is 2.30. The highest BCUT2D eigenvalue weighted by Crippen LogP contribution is 2.25. The lowest BCUT2D eigenvalue weighted by Gasteiger charge is -2.19. The van der Waals surface area contributed by atoms with Crippen molar-refractivity contribution in [1.82, 2.24) is 20.4 Å². The molecule has 0 saturated carbocycles. The Bertz CT molecular complexity index is 724. The van der Waals surface area contributed by atoms with E-state index in [1.165, 1.54) is 13.1 Å². The van der Waals surface area contributed by atoms with E-state index in [9.17, 15) is 14.4 Å². The predicted octanol–water partition coefficient (Wildman–Crippen LogP) is 0.349. The maximum absolute atomic E-state index is 12.0. The number of H-pyrrole nitrogens is 1. The van der Waals surface area contributed by atoms with Crippen molar-refractivity contribution >= 4 is 29.3 Å². The Hall–Kier alpha value is -2.29. The van der Waals surface area contributed by atoms with E-state index < -0.39 is 11.7 Å². The van der Waals surface area contributed by atoms with E-state index >= 15 is 0 Å². The molecule has 2 amide bonds. The number of anilines is 1. The lowest BCUT2D eigenvalue weighted by atomic mass is 10.3. The van der Waals surface area contributed by atoms with Crippen LogP contribution in [-0.2, 0) is 9.53 Å². The number of rotatable bonds is 3. The van der Waals surface area contributed by atoms with Crippen LogP contribution in [0.2, 0.25) is 5.02 Å². The quantitative estimate of drug-likeness (QED) is 0.796. The topological polar surface area (TPSA) is 108 Å². The lowest BCUT2D eigenvalue weighted by molar-refractivity contribution is -0.127. The number of ether oxygens (including phenoxy) is 1. The Labute approximate surface area is 149 Å². The van der Waals surface area contributed by atoms with Crippen molar-refractivity contribution in [2.24, 2.45) is 0 Å². The van der Waals surface area contributed by atoms with Crippen molar-refractivity contribution in [3.05, 3.63) is 21.6 Å². The first kappa shape index (κ1) is 17.5. The van der Waals surface area contributed by atoms with Gasteiger partial charge in [-0.05, 0) is 6.42 Å². The number of carbonyl (C=O) groups is 2. The summed E-state index contributed by atoms with van der Waals surface area (Å²) in [6.07, 6.45) is 2.07. The van der Waals surface area contributed by atoms with Crippen LogP contribution in [-0.4, -0.2) is 65.4 Å². The van der Waals surface area contributed by atoms with Crippen molar-refractivity contribution < 1.29 is 14.3 Å². The standard InChI is InChI=1S/C15H20ClN5O4/c1-9(22)20-4-2-10(7-20)18-15(24)25-11-3-5-21(8-11)12-6-17-19-14(23)13(12)16/h6,10-11H,2-5,7-8H2,1H3,(H,18,24)(H,19,23)/t10-,11+/m0/s1. The molecule has 1 aromatic heterocycles. The zero-order valence-corrected chi connectivity index (χ0v) is 14.6. The summed E-state index contributed by atoms with van der Waals surface area (Å²) in [4.78, 5) is 38.5. The van der Waals surface area contributed by atoms with Crippen molar-refractivity contribution in [2.45, 2.75) is 31.9 Å². The van der Waals surface area contributed by atoms with Gasteiger partial charge in [-0.1, -0.05) is 11.6 Å². The molecule has 9 nitrogen and oxygen atoms in total. The van der Waals surface area contributed by atoms with Gasteiger partial charge >= 0.3 is 6.09 Å². The van der Waals surface area contributed by atoms with Crippen LogP contribution < -0.4 is 15.8 Å². The Morgan fingerprint density at radius 2 is 2.16 bits per heavy atom. The number of halogens is 1. The normalized spacial score (nSPS) is 23.0. The van der Waals surface area contributed by atoms with Gasteiger partial charge in [-0.3, -0.25) is 9.59 Å². The number of nitrogens with one attached hydrogen (secondary N) is 2. The Balaban J connectivity index is 1.50. The minimum atomic E-state index is -0.489. The van der Waals surface area contributed by atoms with Gasteiger partial charge in [-0.15, -0.1) is 0 Å². The minimum Gasteiger partial charge on any atom is -0.444 e. The number of likely N-dealkylation sites (tertiary alicyclic amines) is 1. The summed E-state index contributed by atoms with van der Waals surface area (Å²) in [5.74, 6) is 0.00689. The van der Waals surface area contributed by atoms with Crippen LogP contribution in [0.25, 0.3) is 0 Å². The Morgan fingerprint density at radius 1 is 1.36 bits per heavy atom. The molecule has 10 heteroatoms. The highest BCUT2D eigenvalue weighted by atomic mass is 35.5. The average molecular weight is 370 g/mol. The SMILES string of the molecule is CC(=O)N1CC[C@H](NC(=O)O[C@@H]2CCN(c3cn[nH]c(=O)c3Cl)C2)C1. The number of nitrogens with zero attached hydrogens (tertiary/aromatic N) is 3. The lowest BCUT2D eigenvalue weighted by Crippen LogP contribution is -2.40. The summed E-state index contributed by atoms with van der Waals surface area (Å²) < 4.78 is 5.45. The zero-order valence-electron chi connectivity index (χ0n) is 13.8. The number of amides is 2. The number of aromatic amines is 1. The van der Waals surface area contributed by atoms with Crippen LogP contribution in [0.15, 0.2) is 11.0 Å². The summed E-state index contributed by atoms with van der Waals surface area (Å²) in [6, 6.07) is -0.0831. The van der Waals surface area contributed by atoms with Gasteiger partial charge in [0.25, 0.3) is 5.56 Å². The van der Waals surface area contributed by atoms with Gasteiger partial charge < -0.3 is 19.9 Å². The first-order valence-electron chi connectivity index (χ1n) is 8.15. The molecule has 0 aromatic carbocycles. The summed E-state index contributed by atoms with van der Waals surface area (Å²) in [5, 5.41) is 8.90. The van der Waals surface area contributed by atoms with E-state index in [1.54, 1.807) is 4.90 Å². The Kier molecular flexibility index (Phi) is 5.12. The number of hydrogen-bond acceptors (Lipinski definition) is 6. The maximum Gasteiger partial charge on any atom is 0.407 e. The van der Waals surface area contributed by atoms with E-state index in [-0.39, 0.29) is 23.1 Å². The van der Waals surface area contributed by atoms with Gasteiger partial charge in [0.1, 0.15) is 11.1 Å². The molecule has 2 saturated heterocycles. The monoisotopic (exact) mass is 369 g/mol. The first-order valence-corrected chi connectivity index (χ1v) is 8.52. The zero-order chi connectivity index (χ0) is 18.0.